The van der Waals surface area contributed by atoms with Crippen LogP contribution in [-0.2, 0) is 6.54 Å². The van der Waals surface area contributed by atoms with E-state index in [1.54, 1.807) is 13.1 Å². The van der Waals surface area contributed by atoms with Gasteiger partial charge in [-0.15, -0.1) is 24.0 Å². The Morgan fingerprint density at radius 2 is 2.19 bits per heavy atom. The lowest BCUT2D eigenvalue weighted by Crippen LogP contribution is -2.39. The van der Waals surface area contributed by atoms with Crippen LogP contribution in [0.4, 0.5) is 0 Å². The third kappa shape index (κ3) is 6.42. The first kappa shape index (κ1) is 19.2. The van der Waals surface area contributed by atoms with Crippen molar-refractivity contribution in [2.75, 3.05) is 19.3 Å². The molecule has 118 valence electrons. The molecule has 0 radical (unpaired) electrons. The van der Waals surface area contributed by atoms with Crippen LogP contribution in [0.5, 0.6) is 0 Å². The van der Waals surface area contributed by atoms with E-state index in [0.717, 1.165) is 18.1 Å². The molecule has 3 nitrogen and oxygen atoms in total. The zero-order chi connectivity index (χ0) is 14.4. The van der Waals surface area contributed by atoms with Crippen molar-refractivity contribution < 1.29 is 0 Å². The smallest absolute Gasteiger partial charge is 0.191 e. The summed E-state index contributed by atoms with van der Waals surface area (Å²) < 4.78 is 0. The number of thioether (sulfide) groups is 1. The Balaban J connectivity index is 0.00000220. The summed E-state index contributed by atoms with van der Waals surface area (Å²) in [6.07, 6.45) is 2.61. The molecule has 0 aliphatic carbocycles. The molecule has 0 aromatic heterocycles. The first-order chi connectivity index (χ1) is 9.69. The van der Waals surface area contributed by atoms with Crippen LogP contribution < -0.4 is 10.6 Å². The van der Waals surface area contributed by atoms with Crippen LogP contribution in [0.2, 0.25) is 10.0 Å². The third-order valence-corrected chi connectivity index (χ3v) is 5.19. The Labute approximate surface area is 157 Å². The topological polar surface area (TPSA) is 36.4 Å². The van der Waals surface area contributed by atoms with Gasteiger partial charge in [0, 0.05) is 35.4 Å². The number of aliphatic imine (C=N–C) groups is 1. The van der Waals surface area contributed by atoms with Crippen molar-refractivity contribution in [3.05, 3.63) is 33.8 Å². The largest absolute Gasteiger partial charge is 0.355 e. The maximum Gasteiger partial charge on any atom is 0.191 e. The summed E-state index contributed by atoms with van der Waals surface area (Å²) in [5.41, 5.74) is 1.01. The minimum Gasteiger partial charge on any atom is -0.355 e. The van der Waals surface area contributed by atoms with Gasteiger partial charge in [-0.3, -0.25) is 4.99 Å². The highest BCUT2D eigenvalue weighted by atomic mass is 127. The second-order valence-electron chi connectivity index (χ2n) is 4.68. The zero-order valence-corrected chi connectivity index (χ0v) is 16.5. The monoisotopic (exact) mass is 459 g/mol. The van der Waals surface area contributed by atoms with Crippen LogP contribution in [0.1, 0.15) is 18.4 Å². The number of benzene rings is 1. The van der Waals surface area contributed by atoms with E-state index in [9.17, 15) is 0 Å². The van der Waals surface area contributed by atoms with E-state index in [-0.39, 0.29) is 24.0 Å². The van der Waals surface area contributed by atoms with Gasteiger partial charge in [-0.2, -0.15) is 11.8 Å². The van der Waals surface area contributed by atoms with Crippen LogP contribution in [0, 0.1) is 0 Å². The van der Waals surface area contributed by atoms with Crippen molar-refractivity contribution in [2.24, 2.45) is 4.99 Å². The van der Waals surface area contributed by atoms with Crippen molar-refractivity contribution >= 4 is 64.9 Å². The lowest BCUT2D eigenvalue weighted by atomic mass is 10.2. The van der Waals surface area contributed by atoms with E-state index in [1.165, 1.54) is 18.6 Å². The average Bonchev–Trinajstić information content (AvgIpc) is 2.94. The van der Waals surface area contributed by atoms with Crippen LogP contribution >= 0.6 is 58.9 Å². The Hall–Kier alpha value is 0.150. The first-order valence-corrected chi connectivity index (χ1v) is 8.49. The molecular formula is C14H20Cl2IN3S. The van der Waals surface area contributed by atoms with Gasteiger partial charge >= 0.3 is 0 Å². The Bertz CT molecular complexity index is 479. The van der Waals surface area contributed by atoms with E-state index >= 15 is 0 Å². The summed E-state index contributed by atoms with van der Waals surface area (Å²) in [6.45, 7) is 1.59. The second kappa shape index (κ2) is 10.0. The van der Waals surface area contributed by atoms with E-state index in [2.05, 4.69) is 15.6 Å². The van der Waals surface area contributed by atoms with Crippen molar-refractivity contribution in [1.82, 2.24) is 10.6 Å². The molecule has 0 amide bonds. The van der Waals surface area contributed by atoms with Crippen LogP contribution in [0.3, 0.4) is 0 Å². The molecule has 1 atom stereocenters. The van der Waals surface area contributed by atoms with Gasteiger partial charge < -0.3 is 10.6 Å². The van der Waals surface area contributed by atoms with Gasteiger partial charge in [-0.1, -0.05) is 29.3 Å². The fourth-order valence-corrected chi connectivity index (χ4v) is 3.76. The number of halogens is 3. The van der Waals surface area contributed by atoms with E-state index in [1.807, 2.05) is 23.9 Å². The Morgan fingerprint density at radius 3 is 2.81 bits per heavy atom. The first-order valence-electron chi connectivity index (χ1n) is 6.69. The van der Waals surface area contributed by atoms with Gasteiger partial charge in [0.15, 0.2) is 5.96 Å². The molecule has 1 unspecified atom stereocenters. The number of hydrogen-bond donors (Lipinski definition) is 2. The Morgan fingerprint density at radius 1 is 1.38 bits per heavy atom. The van der Waals surface area contributed by atoms with E-state index in [0.29, 0.717) is 21.8 Å². The summed E-state index contributed by atoms with van der Waals surface area (Å²) in [7, 11) is 1.78. The third-order valence-electron chi connectivity index (χ3n) is 3.21. The Kier molecular flexibility index (Phi) is 9.16. The summed E-state index contributed by atoms with van der Waals surface area (Å²) in [5, 5.41) is 8.66. The fraction of sp³-hybridized carbons (Fsp3) is 0.500. The molecule has 0 saturated carbocycles. The molecule has 2 N–H and O–H groups in total. The molecule has 1 aromatic carbocycles. The van der Waals surface area contributed by atoms with Gasteiger partial charge in [0.2, 0.25) is 0 Å². The molecular weight excluding hydrogens is 440 g/mol. The standard InChI is InChI=1S/C14H19Cl2N3S.HI/c1-17-14(19-9-12-3-2-6-20-12)18-8-10-4-5-11(15)7-13(10)16;/h4-5,7,12H,2-3,6,8-9H2,1H3,(H2,17,18,19);1H. The lowest BCUT2D eigenvalue weighted by molar-refractivity contribution is 0.726. The van der Waals surface area contributed by atoms with Crippen molar-refractivity contribution in [1.29, 1.82) is 0 Å². The van der Waals surface area contributed by atoms with Crippen LogP contribution in [-0.4, -0.2) is 30.6 Å². The van der Waals surface area contributed by atoms with Crippen LogP contribution in [0.25, 0.3) is 0 Å². The number of hydrogen-bond acceptors (Lipinski definition) is 2. The molecule has 21 heavy (non-hydrogen) atoms. The molecule has 0 spiro atoms. The van der Waals surface area contributed by atoms with Gasteiger partial charge in [0.1, 0.15) is 0 Å². The van der Waals surface area contributed by atoms with Crippen LogP contribution in [0.15, 0.2) is 23.2 Å². The molecule has 2 rings (SSSR count). The van der Waals surface area contributed by atoms with Gasteiger partial charge in [0.25, 0.3) is 0 Å². The summed E-state index contributed by atoms with van der Waals surface area (Å²) in [6, 6.07) is 5.53. The number of guanidine groups is 1. The van der Waals surface area contributed by atoms with Crippen molar-refractivity contribution in [3.63, 3.8) is 0 Å². The molecule has 1 aromatic rings. The molecule has 7 heteroatoms. The molecule has 1 fully saturated rings. The highest BCUT2D eigenvalue weighted by molar-refractivity contribution is 14.0. The zero-order valence-electron chi connectivity index (χ0n) is 11.9. The molecule has 1 saturated heterocycles. The number of nitrogens with one attached hydrogen (secondary N) is 2. The average molecular weight is 460 g/mol. The normalized spacial score (nSPS) is 18.2. The van der Waals surface area contributed by atoms with E-state index < -0.39 is 0 Å². The molecule has 1 aliphatic heterocycles. The predicted octanol–water partition coefficient (Wildman–Crippen LogP) is 4.17. The summed E-state index contributed by atoms with van der Waals surface area (Å²) in [4.78, 5) is 4.23. The van der Waals surface area contributed by atoms with Gasteiger partial charge in [-0.05, 0) is 36.3 Å². The van der Waals surface area contributed by atoms with Crippen molar-refractivity contribution in [2.45, 2.75) is 24.6 Å². The van der Waals surface area contributed by atoms with Crippen molar-refractivity contribution in [3.8, 4) is 0 Å². The molecule has 0 bridgehead atoms. The predicted molar refractivity (Wildman–Crippen MR) is 106 cm³/mol. The summed E-state index contributed by atoms with van der Waals surface area (Å²) in [5.74, 6) is 2.09. The van der Waals surface area contributed by atoms with Gasteiger partial charge in [0.05, 0.1) is 0 Å². The fourth-order valence-electron chi connectivity index (χ4n) is 2.08. The minimum atomic E-state index is 0. The quantitative estimate of drug-likeness (QED) is 0.403. The maximum atomic E-state index is 6.15. The minimum absolute atomic E-state index is 0. The number of nitrogens with zero attached hydrogens (tertiary/aromatic N) is 1. The highest BCUT2D eigenvalue weighted by Crippen LogP contribution is 2.25. The number of rotatable bonds is 4. The maximum absolute atomic E-state index is 6.15. The summed E-state index contributed by atoms with van der Waals surface area (Å²) >= 11 is 14.1. The highest BCUT2D eigenvalue weighted by Gasteiger charge is 2.15. The van der Waals surface area contributed by atoms with Gasteiger partial charge in [-0.25, -0.2) is 0 Å². The van der Waals surface area contributed by atoms with E-state index in [4.69, 9.17) is 23.2 Å². The lowest BCUT2D eigenvalue weighted by Gasteiger charge is -2.15. The molecule has 1 heterocycles. The SMILES string of the molecule is CN=C(NCc1ccc(Cl)cc1Cl)NCC1CCCS1.I. The molecule has 1 aliphatic rings. The second-order valence-corrected chi connectivity index (χ2v) is 6.93.